The first kappa shape index (κ1) is 20.2. The number of fused-ring (bicyclic) bond motifs is 1. The number of rotatable bonds is 6. The van der Waals surface area contributed by atoms with Crippen molar-refractivity contribution in [2.45, 2.75) is 25.9 Å². The van der Waals surface area contributed by atoms with Crippen LogP contribution in [-0.4, -0.2) is 31.1 Å². The monoisotopic (exact) mass is 401 g/mol. The molecule has 3 aromatic rings. The molecule has 1 unspecified atom stereocenters. The van der Waals surface area contributed by atoms with Gasteiger partial charge >= 0.3 is 5.97 Å². The van der Waals surface area contributed by atoms with Crippen molar-refractivity contribution in [2.75, 3.05) is 20.3 Å². The summed E-state index contributed by atoms with van der Waals surface area (Å²) in [7, 11) is 1.69. The number of ether oxygens (including phenoxy) is 2. The van der Waals surface area contributed by atoms with Crippen molar-refractivity contribution in [1.29, 1.82) is 0 Å². The Morgan fingerprint density at radius 2 is 1.73 bits per heavy atom. The highest BCUT2D eigenvalue weighted by atomic mass is 16.5. The van der Waals surface area contributed by atoms with Gasteiger partial charge in [-0.2, -0.15) is 0 Å². The zero-order valence-corrected chi connectivity index (χ0v) is 17.5. The van der Waals surface area contributed by atoms with E-state index in [2.05, 4.69) is 53.4 Å². The van der Waals surface area contributed by atoms with Gasteiger partial charge in [-0.05, 0) is 59.9 Å². The molecule has 0 bridgehead atoms. The van der Waals surface area contributed by atoms with E-state index >= 15 is 0 Å². The van der Waals surface area contributed by atoms with E-state index in [-0.39, 0.29) is 12.0 Å². The molecular formula is C26H27NO3. The van der Waals surface area contributed by atoms with Crippen LogP contribution in [0.25, 0.3) is 0 Å². The minimum Gasteiger partial charge on any atom is -0.497 e. The lowest BCUT2D eigenvalue weighted by molar-refractivity contribution is 0.0526. The Balaban J connectivity index is 1.65. The van der Waals surface area contributed by atoms with Crippen molar-refractivity contribution in [3.8, 4) is 5.75 Å². The molecule has 0 spiro atoms. The number of carbonyl (C=O) groups excluding carboxylic acids is 1. The van der Waals surface area contributed by atoms with Crippen LogP contribution in [0.4, 0.5) is 0 Å². The number of esters is 1. The van der Waals surface area contributed by atoms with Crippen LogP contribution < -0.4 is 4.74 Å². The van der Waals surface area contributed by atoms with Gasteiger partial charge in [0.25, 0.3) is 0 Å². The molecule has 0 aliphatic carbocycles. The smallest absolute Gasteiger partial charge is 0.338 e. The highest BCUT2D eigenvalue weighted by Gasteiger charge is 2.28. The van der Waals surface area contributed by atoms with Crippen LogP contribution in [0.3, 0.4) is 0 Å². The molecule has 4 nitrogen and oxygen atoms in total. The Kier molecular flexibility index (Phi) is 6.15. The van der Waals surface area contributed by atoms with Crippen molar-refractivity contribution < 1.29 is 14.3 Å². The van der Waals surface area contributed by atoms with E-state index in [0.717, 1.165) is 25.3 Å². The number of hydrogen-bond acceptors (Lipinski definition) is 4. The third-order valence-electron chi connectivity index (χ3n) is 5.67. The van der Waals surface area contributed by atoms with Gasteiger partial charge in [-0.3, -0.25) is 4.90 Å². The number of methoxy groups -OCH3 is 1. The van der Waals surface area contributed by atoms with Crippen molar-refractivity contribution in [1.82, 2.24) is 4.90 Å². The third kappa shape index (κ3) is 4.24. The number of nitrogens with zero attached hydrogens (tertiary/aromatic N) is 1. The molecule has 0 N–H and O–H groups in total. The molecule has 0 saturated heterocycles. The first-order chi connectivity index (χ1) is 14.7. The zero-order chi connectivity index (χ0) is 20.9. The molecule has 0 aromatic heterocycles. The van der Waals surface area contributed by atoms with Gasteiger partial charge in [-0.25, -0.2) is 4.79 Å². The summed E-state index contributed by atoms with van der Waals surface area (Å²) in [6, 6.07) is 24.9. The van der Waals surface area contributed by atoms with E-state index in [1.807, 2.05) is 31.2 Å². The Bertz CT molecular complexity index is 996. The van der Waals surface area contributed by atoms with Crippen LogP contribution in [0.1, 0.15) is 45.6 Å². The SMILES string of the molecule is CCOC(=O)c1ccc(C2c3ccccc3CCN2Cc2ccc(OC)cc2)cc1. The Hall–Kier alpha value is -3.11. The second kappa shape index (κ2) is 9.14. The maximum atomic E-state index is 12.0. The summed E-state index contributed by atoms with van der Waals surface area (Å²) in [6.45, 7) is 4.03. The lowest BCUT2D eigenvalue weighted by Crippen LogP contribution is -2.35. The van der Waals surface area contributed by atoms with Gasteiger partial charge in [-0.1, -0.05) is 48.5 Å². The molecule has 0 amide bonds. The topological polar surface area (TPSA) is 38.8 Å². The van der Waals surface area contributed by atoms with Gasteiger partial charge in [0.05, 0.1) is 25.3 Å². The summed E-state index contributed by atoms with van der Waals surface area (Å²) >= 11 is 0. The summed E-state index contributed by atoms with van der Waals surface area (Å²) in [4.78, 5) is 14.5. The molecule has 1 heterocycles. The fourth-order valence-electron chi connectivity index (χ4n) is 4.16. The lowest BCUT2D eigenvalue weighted by Gasteiger charge is -2.38. The third-order valence-corrected chi connectivity index (χ3v) is 5.67. The summed E-state index contributed by atoms with van der Waals surface area (Å²) in [6.07, 6.45) is 1.03. The van der Waals surface area contributed by atoms with Gasteiger partial charge in [-0.15, -0.1) is 0 Å². The summed E-state index contributed by atoms with van der Waals surface area (Å²) in [5.74, 6) is 0.594. The maximum absolute atomic E-state index is 12.0. The maximum Gasteiger partial charge on any atom is 0.338 e. The van der Waals surface area contributed by atoms with Gasteiger partial charge in [0.15, 0.2) is 0 Å². The van der Waals surface area contributed by atoms with Crippen molar-refractivity contribution >= 4 is 5.97 Å². The second-order valence-corrected chi connectivity index (χ2v) is 7.51. The standard InChI is InChI=1S/C26H27NO3/c1-3-30-26(28)22-12-10-21(11-13-22)25-24-7-5-4-6-20(24)16-17-27(25)18-19-8-14-23(29-2)15-9-19/h4-15,25H,3,16-18H2,1-2H3. The second-order valence-electron chi connectivity index (χ2n) is 7.51. The van der Waals surface area contributed by atoms with Crippen molar-refractivity contribution in [3.05, 3.63) is 101 Å². The van der Waals surface area contributed by atoms with E-state index in [1.165, 1.54) is 22.3 Å². The summed E-state index contributed by atoms with van der Waals surface area (Å²) < 4.78 is 10.4. The first-order valence-corrected chi connectivity index (χ1v) is 10.4. The fourth-order valence-corrected chi connectivity index (χ4v) is 4.16. The summed E-state index contributed by atoms with van der Waals surface area (Å²) in [5, 5.41) is 0. The van der Waals surface area contributed by atoms with Gasteiger partial charge < -0.3 is 9.47 Å². The molecular weight excluding hydrogens is 374 g/mol. The van der Waals surface area contributed by atoms with Crippen molar-refractivity contribution in [2.24, 2.45) is 0 Å². The largest absolute Gasteiger partial charge is 0.497 e. The molecule has 1 atom stereocenters. The fraction of sp³-hybridized carbons (Fsp3) is 0.269. The van der Waals surface area contributed by atoms with Gasteiger partial charge in [0, 0.05) is 13.1 Å². The number of hydrogen-bond donors (Lipinski definition) is 0. The van der Waals surface area contributed by atoms with E-state index in [1.54, 1.807) is 7.11 Å². The molecule has 4 heteroatoms. The van der Waals surface area contributed by atoms with Crippen LogP contribution >= 0.6 is 0 Å². The van der Waals surface area contributed by atoms with Gasteiger partial charge in [0.2, 0.25) is 0 Å². The lowest BCUT2D eigenvalue weighted by atomic mass is 9.87. The number of carbonyl (C=O) groups is 1. The predicted octanol–water partition coefficient (Wildman–Crippen LogP) is 5.02. The van der Waals surface area contributed by atoms with E-state index in [0.29, 0.717) is 12.2 Å². The van der Waals surface area contributed by atoms with Crippen molar-refractivity contribution in [3.63, 3.8) is 0 Å². The Morgan fingerprint density at radius 1 is 1.00 bits per heavy atom. The minimum atomic E-state index is -0.275. The molecule has 1 aliphatic rings. The average molecular weight is 402 g/mol. The molecule has 154 valence electrons. The predicted molar refractivity (Wildman–Crippen MR) is 118 cm³/mol. The first-order valence-electron chi connectivity index (χ1n) is 10.4. The summed E-state index contributed by atoms with van der Waals surface area (Å²) in [5.41, 5.74) is 5.75. The Labute approximate surface area is 178 Å². The average Bonchev–Trinajstić information content (AvgIpc) is 2.80. The highest BCUT2D eigenvalue weighted by molar-refractivity contribution is 5.89. The Morgan fingerprint density at radius 3 is 2.43 bits per heavy atom. The zero-order valence-electron chi connectivity index (χ0n) is 17.5. The van der Waals surface area contributed by atoms with E-state index in [9.17, 15) is 4.79 Å². The molecule has 0 fully saturated rings. The van der Waals surface area contributed by atoms with Crippen LogP contribution in [-0.2, 0) is 17.7 Å². The molecule has 0 saturated carbocycles. The molecule has 4 rings (SSSR count). The molecule has 3 aromatic carbocycles. The normalized spacial score (nSPS) is 16.0. The molecule has 0 radical (unpaired) electrons. The van der Waals surface area contributed by atoms with Crippen LogP contribution in [0.2, 0.25) is 0 Å². The number of benzene rings is 3. The highest BCUT2D eigenvalue weighted by Crippen LogP contribution is 2.36. The molecule has 30 heavy (non-hydrogen) atoms. The van der Waals surface area contributed by atoms with Crippen LogP contribution in [0, 0.1) is 0 Å². The van der Waals surface area contributed by atoms with Crippen LogP contribution in [0.15, 0.2) is 72.8 Å². The molecule has 1 aliphatic heterocycles. The minimum absolute atomic E-state index is 0.147. The van der Waals surface area contributed by atoms with E-state index in [4.69, 9.17) is 9.47 Å². The van der Waals surface area contributed by atoms with Gasteiger partial charge in [0.1, 0.15) is 5.75 Å². The van der Waals surface area contributed by atoms with E-state index < -0.39 is 0 Å². The quantitative estimate of drug-likeness (QED) is 0.544. The van der Waals surface area contributed by atoms with Crippen LogP contribution in [0.5, 0.6) is 5.75 Å².